The molecule has 60 valence electrons. The number of aromatic nitrogens is 1. The zero-order valence-corrected chi connectivity index (χ0v) is 7.73. The van der Waals surface area contributed by atoms with Crippen LogP contribution >= 0.6 is 15.9 Å². The van der Waals surface area contributed by atoms with Crippen molar-refractivity contribution in [1.82, 2.24) is 10.3 Å². The summed E-state index contributed by atoms with van der Waals surface area (Å²) in [7, 11) is 0. The van der Waals surface area contributed by atoms with Crippen LogP contribution in [0.2, 0.25) is 0 Å². The Morgan fingerprint density at radius 1 is 1.82 bits per heavy atom. The van der Waals surface area contributed by atoms with Crippen LogP contribution in [0.25, 0.3) is 0 Å². The summed E-state index contributed by atoms with van der Waals surface area (Å²) in [5.74, 6) is -0.0711. The van der Waals surface area contributed by atoms with Crippen molar-refractivity contribution in [3.8, 4) is 0 Å². The van der Waals surface area contributed by atoms with Crippen LogP contribution in [0.1, 0.15) is 17.4 Å². The average molecular weight is 217 g/mol. The number of aromatic amines is 1. The van der Waals surface area contributed by atoms with E-state index in [0.29, 0.717) is 12.2 Å². The Morgan fingerprint density at radius 2 is 2.55 bits per heavy atom. The van der Waals surface area contributed by atoms with Crippen LogP contribution < -0.4 is 5.32 Å². The van der Waals surface area contributed by atoms with Crippen LogP contribution in [0.3, 0.4) is 0 Å². The first-order valence-electron chi connectivity index (χ1n) is 3.36. The molecule has 0 fully saturated rings. The summed E-state index contributed by atoms with van der Waals surface area (Å²) in [5.41, 5.74) is 0.582. The lowest BCUT2D eigenvalue weighted by atomic mass is 10.4. The molecule has 0 aliphatic rings. The Morgan fingerprint density at radius 3 is 3.00 bits per heavy atom. The summed E-state index contributed by atoms with van der Waals surface area (Å²) in [6.45, 7) is 2.53. The quantitative estimate of drug-likeness (QED) is 0.775. The van der Waals surface area contributed by atoms with Gasteiger partial charge in [-0.05, 0) is 28.9 Å². The fourth-order valence-electron chi connectivity index (χ4n) is 0.755. The smallest absolute Gasteiger partial charge is 0.267 e. The first-order valence-corrected chi connectivity index (χ1v) is 4.15. The SMILES string of the molecule is CCNC(=O)c1cc(Br)c[nH]1. The van der Waals surface area contributed by atoms with E-state index in [1.54, 1.807) is 12.3 Å². The molecular formula is C7H9BrN2O. The molecule has 1 heterocycles. The van der Waals surface area contributed by atoms with Crippen molar-refractivity contribution in [3.63, 3.8) is 0 Å². The lowest BCUT2D eigenvalue weighted by Crippen LogP contribution is -2.22. The predicted octanol–water partition coefficient (Wildman–Crippen LogP) is 1.53. The van der Waals surface area contributed by atoms with Crippen LogP contribution in [-0.2, 0) is 0 Å². The second-order valence-electron chi connectivity index (χ2n) is 2.09. The highest BCUT2D eigenvalue weighted by Gasteiger charge is 2.04. The monoisotopic (exact) mass is 216 g/mol. The number of nitrogens with one attached hydrogen (secondary N) is 2. The first kappa shape index (κ1) is 8.33. The predicted molar refractivity (Wildman–Crippen MR) is 46.5 cm³/mol. The van der Waals surface area contributed by atoms with Crippen molar-refractivity contribution in [2.45, 2.75) is 6.92 Å². The van der Waals surface area contributed by atoms with E-state index in [1.807, 2.05) is 6.92 Å². The van der Waals surface area contributed by atoms with Gasteiger partial charge in [-0.25, -0.2) is 0 Å². The molecule has 1 amide bonds. The van der Waals surface area contributed by atoms with Crippen molar-refractivity contribution in [3.05, 3.63) is 22.4 Å². The molecule has 0 aliphatic carbocycles. The largest absolute Gasteiger partial charge is 0.356 e. The van der Waals surface area contributed by atoms with Gasteiger partial charge in [0.15, 0.2) is 0 Å². The zero-order chi connectivity index (χ0) is 8.27. The highest BCUT2D eigenvalue weighted by Crippen LogP contribution is 2.09. The maximum atomic E-state index is 11.1. The number of H-pyrrole nitrogens is 1. The molecule has 11 heavy (non-hydrogen) atoms. The zero-order valence-electron chi connectivity index (χ0n) is 6.15. The van der Waals surface area contributed by atoms with Crippen LogP contribution in [-0.4, -0.2) is 17.4 Å². The minimum atomic E-state index is -0.0711. The molecule has 0 bridgehead atoms. The lowest BCUT2D eigenvalue weighted by Gasteiger charge is -1.96. The molecular weight excluding hydrogens is 208 g/mol. The van der Waals surface area contributed by atoms with E-state index in [0.717, 1.165) is 4.47 Å². The van der Waals surface area contributed by atoms with E-state index in [-0.39, 0.29) is 5.91 Å². The number of carbonyl (C=O) groups excluding carboxylic acids is 1. The van der Waals surface area contributed by atoms with Crippen LogP contribution in [0.5, 0.6) is 0 Å². The Hall–Kier alpha value is -0.770. The van der Waals surface area contributed by atoms with Gasteiger partial charge in [0.1, 0.15) is 5.69 Å². The summed E-state index contributed by atoms with van der Waals surface area (Å²) < 4.78 is 0.888. The molecule has 1 rings (SSSR count). The van der Waals surface area contributed by atoms with E-state index in [2.05, 4.69) is 26.2 Å². The van der Waals surface area contributed by atoms with Gasteiger partial charge in [0.2, 0.25) is 0 Å². The molecule has 0 radical (unpaired) electrons. The van der Waals surface area contributed by atoms with Crippen LogP contribution in [0, 0.1) is 0 Å². The first-order chi connectivity index (χ1) is 5.24. The fraction of sp³-hybridized carbons (Fsp3) is 0.286. The Balaban J connectivity index is 2.69. The molecule has 0 unspecified atom stereocenters. The van der Waals surface area contributed by atoms with Gasteiger partial charge in [-0.15, -0.1) is 0 Å². The molecule has 0 atom stereocenters. The van der Waals surface area contributed by atoms with E-state index in [9.17, 15) is 4.79 Å². The highest BCUT2D eigenvalue weighted by molar-refractivity contribution is 9.10. The number of hydrogen-bond donors (Lipinski definition) is 2. The van der Waals surface area contributed by atoms with Crippen molar-refractivity contribution in [1.29, 1.82) is 0 Å². The molecule has 0 saturated carbocycles. The van der Waals surface area contributed by atoms with Gasteiger partial charge in [-0.3, -0.25) is 4.79 Å². The molecule has 0 aromatic carbocycles. The third kappa shape index (κ3) is 2.08. The summed E-state index contributed by atoms with van der Waals surface area (Å²) in [6.07, 6.45) is 1.73. The van der Waals surface area contributed by atoms with Crippen LogP contribution in [0.15, 0.2) is 16.7 Å². The average Bonchev–Trinajstić information content (AvgIpc) is 2.36. The molecule has 4 heteroatoms. The molecule has 2 N–H and O–H groups in total. The van der Waals surface area contributed by atoms with E-state index < -0.39 is 0 Å². The minimum absolute atomic E-state index is 0.0711. The fourth-order valence-corrected chi connectivity index (χ4v) is 1.10. The van der Waals surface area contributed by atoms with Gasteiger partial charge in [-0.1, -0.05) is 0 Å². The normalized spacial score (nSPS) is 9.64. The number of carbonyl (C=O) groups is 1. The van der Waals surface area contributed by atoms with Gasteiger partial charge in [-0.2, -0.15) is 0 Å². The summed E-state index contributed by atoms with van der Waals surface area (Å²) >= 11 is 3.24. The van der Waals surface area contributed by atoms with Gasteiger partial charge >= 0.3 is 0 Å². The van der Waals surface area contributed by atoms with Gasteiger partial charge in [0.25, 0.3) is 5.91 Å². The number of halogens is 1. The molecule has 1 aromatic rings. The van der Waals surface area contributed by atoms with E-state index >= 15 is 0 Å². The summed E-state index contributed by atoms with van der Waals surface area (Å²) in [5, 5.41) is 2.68. The standard InChI is InChI=1S/C7H9BrN2O/c1-2-9-7(11)6-3-5(8)4-10-6/h3-4,10H,2H2,1H3,(H,9,11). The van der Waals surface area contributed by atoms with Crippen molar-refractivity contribution in [2.75, 3.05) is 6.54 Å². The molecule has 3 nitrogen and oxygen atoms in total. The maximum Gasteiger partial charge on any atom is 0.267 e. The molecule has 0 saturated heterocycles. The summed E-state index contributed by atoms with van der Waals surface area (Å²) in [6, 6.07) is 1.74. The van der Waals surface area contributed by atoms with Gasteiger partial charge in [0, 0.05) is 17.2 Å². The molecule has 0 aliphatic heterocycles. The Bertz CT molecular complexity index is 257. The Kier molecular flexibility index (Phi) is 2.70. The second kappa shape index (κ2) is 3.57. The van der Waals surface area contributed by atoms with Crippen molar-refractivity contribution < 1.29 is 4.79 Å². The van der Waals surface area contributed by atoms with Gasteiger partial charge in [0.05, 0.1) is 0 Å². The van der Waals surface area contributed by atoms with E-state index in [4.69, 9.17) is 0 Å². The number of amides is 1. The maximum absolute atomic E-state index is 11.1. The third-order valence-electron chi connectivity index (χ3n) is 1.23. The van der Waals surface area contributed by atoms with Crippen molar-refractivity contribution >= 4 is 21.8 Å². The topological polar surface area (TPSA) is 44.9 Å². The Labute approximate surface area is 73.3 Å². The number of hydrogen-bond acceptors (Lipinski definition) is 1. The third-order valence-corrected chi connectivity index (χ3v) is 1.69. The van der Waals surface area contributed by atoms with E-state index in [1.165, 1.54) is 0 Å². The number of rotatable bonds is 2. The second-order valence-corrected chi connectivity index (χ2v) is 3.01. The van der Waals surface area contributed by atoms with Crippen molar-refractivity contribution in [2.24, 2.45) is 0 Å². The minimum Gasteiger partial charge on any atom is -0.356 e. The highest BCUT2D eigenvalue weighted by atomic mass is 79.9. The summed E-state index contributed by atoms with van der Waals surface area (Å²) in [4.78, 5) is 13.9. The molecule has 1 aromatic heterocycles. The van der Waals surface area contributed by atoms with Gasteiger partial charge < -0.3 is 10.3 Å². The lowest BCUT2D eigenvalue weighted by molar-refractivity contribution is 0.0951. The molecule has 0 spiro atoms. The van der Waals surface area contributed by atoms with Crippen LogP contribution in [0.4, 0.5) is 0 Å².